The highest BCUT2D eigenvalue weighted by atomic mass is 16.4. The molecule has 1 atom stereocenters. The Labute approximate surface area is 141 Å². The second-order valence-electron chi connectivity index (χ2n) is 6.11. The molecule has 1 unspecified atom stereocenters. The summed E-state index contributed by atoms with van der Waals surface area (Å²) in [5, 5.41) is 15.2. The molecular weight excluding hydrogens is 300 g/mol. The summed E-state index contributed by atoms with van der Waals surface area (Å²) in [4.78, 5) is 18.5. The highest BCUT2D eigenvalue weighted by Gasteiger charge is 2.34. The minimum atomic E-state index is -0.968. The summed E-state index contributed by atoms with van der Waals surface area (Å²) in [5.41, 5.74) is 10.1. The van der Waals surface area contributed by atoms with Gasteiger partial charge in [0, 0.05) is 0 Å². The van der Waals surface area contributed by atoms with Crippen LogP contribution in [0.2, 0.25) is 0 Å². The molecule has 0 aromatic rings. The van der Waals surface area contributed by atoms with Crippen molar-refractivity contribution in [3.05, 3.63) is 0 Å². The molecule has 144 valence electrons. The first kappa shape index (κ1) is 33.4. The van der Waals surface area contributed by atoms with Gasteiger partial charge in [0.05, 0.1) is 13.1 Å². The molecule has 0 saturated carbocycles. The maximum atomic E-state index is 9.24. The van der Waals surface area contributed by atoms with Gasteiger partial charge in [0.2, 0.25) is 0 Å². The van der Waals surface area contributed by atoms with E-state index in [9.17, 15) is 9.59 Å². The van der Waals surface area contributed by atoms with Gasteiger partial charge >= 0.3 is 11.9 Å². The van der Waals surface area contributed by atoms with Crippen LogP contribution in [0.3, 0.4) is 0 Å². The standard InChI is InChI=1S/C11H24.2C2H5NO2.2H3N/c1-7-9-11(6,8-2)10(3,4)5;2*3-1-2(4)5;;/h7-9H2,1-6H3;2*1,3H2,(H,4,5);2*1H3. The zero-order chi connectivity index (χ0) is 17.7. The SMILES string of the molecule is CCCC(C)(CC)C(C)(C)C.N.N.NCC(=O)O.NCC(=O)O. The molecule has 0 saturated heterocycles. The van der Waals surface area contributed by atoms with Crippen molar-refractivity contribution >= 4 is 11.9 Å². The van der Waals surface area contributed by atoms with Crippen molar-refractivity contribution in [3.8, 4) is 0 Å². The quantitative estimate of drug-likeness (QED) is 0.438. The van der Waals surface area contributed by atoms with Crippen molar-refractivity contribution in [1.29, 1.82) is 0 Å². The highest BCUT2D eigenvalue weighted by molar-refractivity contribution is 5.68. The Balaban J connectivity index is -0.0000000767. The molecule has 0 aliphatic heterocycles. The van der Waals surface area contributed by atoms with Gasteiger partial charge in [-0.2, -0.15) is 0 Å². The minimum absolute atomic E-state index is 0. The fourth-order valence-electron chi connectivity index (χ4n) is 1.63. The summed E-state index contributed by atoms with van der Waals surface area (Å²) < 4.78 is 0. The predicted octanol–water partition coefficient (Wildman–Crippen LogP) is 2.63. The molecule has 8 nitrogen and oxygen atoms in total. The maximum Gasteiger partial charge on any atom is 0.317 e. The number of carboxylic acids is 2. The predicted molar refractivity (Wildman–Crippen MR) is 96.2 cm³/mol. The second-order valence-corrected chi connectivity index (χ2v) is 6.11. The van der Waals surface area contributed by atoms with Crippen LogP contribution in [-0.2, 0) is 9.59 Å². The van der Waals surface area contributed by atoms with Gasteiger partial charge in [0.15, 0.2) is 0 Å². The lowest BCUT2D eigenvalue weighted by molar-refractivity contribution is -0.136. The van der Waals surface area contributed by atoms with Crippen LogP contribution in [0.4, 0.5) is 0 Å². The van der Waals surface area contributed by atoms with Crippen molar-refractivity contribution in [2.75, 3.05) is 13.1 Å². The Morgan fingerprint density at radius 3 is 1.17 bits per heavy atom. The molecule has 23 heavy (non-hydrogen) atoms. The number of hydrogen-bond donors (Lipinski definition) is 6. The second kappa shape index (κ2) is 17.1. The van der Waals surface area contributed by atoms with Crippen molar-refractivity contribution in [1.82, 2.24) is 12.3 Å². The van der Waals surface area contributed by atoms with Gasteiger partial charge in [-0.25, -0.2) is 0 Å². The molecule has 0 amide bonds. The Kier molecular flexibility index (Phi) is 24.9. The van der Waals surface area contributed by atoms with Crippen LogP contribution in [0.5, 0.6) is 0 Å². The molecule has 0 heterocycles. The van der Waals surface area contributed by atoms with Crippen LogP contribution < -0.4 is 23.8 Å². The number of carboxylic acid groups (broad SMARTS) is 2. The lowest BCUT2D eigenvalue weighted by Gasteiger charge is -2.41. The fourth-order valence-corrected chi connectivity index (χ4v) is 1.63. The average Bonchev–Trinajstić information content (AvgIpc) is 2.38. The monoisotopic (exact) mass is 340 g/mol. The normalized spacial score (nSPS) is 11.8. The molecule has 0 rings (SSSR count). The fraction of sp³-hybridized carbons (Fsp3) is 0.867. The third-order valence-electron chi connectivity index (χ3n) is 3.74. The van der Waals surface area contributed by atoms with Crippen LogP contribution in [0.1, 0.15) is 60.8 Å². The summed E-state index contributed by atoms with van der Waals surface area (Å²) in [7, 11) is 0. The topological polar surface area (TPSA) is 197 Å². The Bertz CT molecular complexity index is 280. The van der Waals surface area contributed by atoms with E-state index in [0.29, 0.717) is 10.8 Å². The minimum Gasteiger partial charge on any atom is -0.480 e. The first-order valence-electron chi connectivity index (χ1n) is 7.25. The maximum absolute atomic E-state index is 9.24. The van der Waals surface area contributed by atoms with Crippen LogP contribution in [0, 0.1) is 10.8 Å². The number of hydrogen-bond acceptors (Lipinski definition) is 6. The molecule has 0 aliphatic rings. The van der Waals surface area contributed by atoms with E-state index in [-0.39, 0.29) is 25.4 Å². The van der Waals surface area contributed by atoms with Crippen molar-refractivity contribution in [2.45, 2.75) is 60.8 Å². The lowest BCUT2D eigenvalue weighted by atomic mass is 9.64. The van der Waals surface area contributed by atoms with E-state index in [1.165, 1.54) is 19.3 Å². The van der Waals surface area contributed by atoms with E-state index in [1.54, 1.807) is 0 Å². The van der Waals surface area contributed by atoms with Crippen LogP contribution in [-0.4, -0.2) is 35.2 Å². The molecule has 12 N–H and O–H groups in total. The van der Waals surface area contributed by atoms with E-state index >= 15 is 0 Å². The molecule has 0 radical (unpaired) electrons. The Hall–Kier alpha value is -1.22. The van der Waals surface area contributed by atoms with Crippen molar-refractivity contribution < 1.29 is 19.8 Å². The van der Waals surface area contributed by atoms with Crippen molar-refractivity contribution in [3.63, 3.8) is 0 Å². The molecule has 0 aromatic carbocycles. The summed E-state index contributed by atoms with van der Waals surface area (Å²) in [5.74, 6) is -1.94. The first-order valence-corrected chi connectivity index (χ1v) is 7.25. The van der Waals surface area contributed by atoms with Crippen molar-refractivity contribution in [2.24, 2.45) is 22.3 Å². The van der Waals surface area contributed by atoms with E-state index in [4.69, 9.17) is 10.2 Å². The zero-order valence-electron chi connectivity index (χ0n) is 15.8. The number of carbonyl (C=O) groups is 2. The van der Waals surface area contributed by atoms with Gasteiger partial charge in [-0.15, -0.1) is 0 Å². The molecule has 8 heteroatoms. The van der Waals surface area contributed by atoms with E-state index in [1.807, 2.05) is 0 Å². The number of nitrogens with two attached hydrogens (primary N) is 2. The summed E-state index contributed by atoms with van der Waals surface area (Å²) in [6.07, 6.45) is 3.96. The van der Waals surface area contributed by atoms with E-state index < -0.39 is 11.9 Å². The number of rotatable bonds is 5. The third-order valence-corrected chi connectivity index (χ3v) is 3.74. The van der Waals surface area contributed by atoms with Gasteiger partial charge in [0.25, 0.3) is 0 Å². The molecule has 0 aliphatic carbocycles. The summed E-state index contributed by atoms with van der Waals surface area (Å²) >= 11 is 0. The van der Waals surface area contributed by atoms with Crippen LogP contribution in [0.15, 0.2) is 0 Å². The molecular formula is C15H40N4O4. The largest absolute Gasteiger partial charge is 0.480 e. The Morgan fingerprint density at radius 1 is 0.870 bits per heavy atom. The van der Waals surface area contributed by atoms with Gasteiger partial charge in [-0.3, -0.25) is 9.59 Å². The first-order chi connectivity index (χ1) is 9.41. The molecule has 0 bridgehead atoms. The average molecular weight is 341 g/mol. The van der Waals surface area contributed by atoms with Gasteiger partial charge < -0.3 is 34.0 Å². The van der Waals surface area contributed by atoms with Gasteiger partial charge in [-0.1, -0.05) is 54.4 Å². The van der Waals surface area contributed by atoms with E-state index in [2.05, 4.69) is 53.0 Å². The Morgan fingerprint density at radius 2 is 1.13 bits per heavy atom. The summed E-state index contributed by atoms with van der Waals surface area (Å²) in [6.45, 7) is 13.5. The highest BCUT2D eigenvalue weighted by Crippen LogP contribution is 2.44. The molecule has 0 aromatic heterocycles. The van der Waals surface area contributed by atoms with E-state index in [0.717, 1.165) is 0 Å². The van der Waals surface area contributed by atoms with Gasteiger partial charge in [0.1, 0.15) is 0 Å². The van der Waals surface area contributed by atoms with Crippen LogP contribution >= 0.6 is 0 Å². The smallest absolute Gasteiger partial charge is 0.317 e. The number of aliphatic carboxylic acids is 2. The lowest BCUT2D eigenvalue weighted by Crippen LogP contribution is -2.31. The third kappa shape index (κ3) is 20.8. The zero-order valence-corrected chi connectivity index (χ0v) is 15.8. The van der Waals surface area contributed by atoms with Gasteiger partial charge in [-0.05, 0) is 17.3 Å². The summed E-state index contributed by atoms with van der Waals surface area (Å²) in [6, 6.07) is 0. The van der Waals surface area contributed by atoms with Crippen LogP contribution in [0.25, 0.3) is 0 Å². The molecule has 0 spiro atoms. The molecule has 0 fully saturated rings.